The predicted octanol–water partition coefficient (Wildman–Crippen LogP) is 4.43. The predicted molar refractivity (Wildman–Crippen MR) is 39.5 cm³/mol. The Morgan fingerprint density at radius 1 is 0.650 bits per heavy atom. The van der Waals surface area contributed by atoms with E-state index in [1.165, 1.54) is 0 Å². The van der Waals surface area contributed by atoms with Gasteiger partial charge in [-0.05, 0) is 0 Å². The van der Waals surface area contributed by atoms with Crippen molar-refractivity contribution in [3.63, 3.8) is 0 Å². The van der Waals surface area contributed by atoms with Gasteiger partial charge in [0.25, 0.3) is 0 Å². The molecule has 1 nitrogen and oxygen atoms in total. The minimum atomic E-state index is -7.30. The molecule has 0 heterocycles. The maximum absolute atomic E-state index is 12.8. The summed E-state index contributed by atoms with van der Waals surface area (Å²) in [6.07, 6.45) is -14.3. The van der Waals surface area contributed by atoms with E-state index in [1.807, 2.05) is 0 Å². The molecule has 0 aliphatic heterocycles. The smallest absolute Gasteiger partial charge is 0.197 e. The summed E-state index contributed by atoms with van der Waals surface area (Å²) in [6.45, 7) is 0. The Labute approximate surface area is 107 Å². The highest BCUT2D eigenvalue weighted by Crippen LogP contribution is 2.52. The highest BCUT2D eigenvalue weighted by molar-refractivity contribution is 6.18. The summed E-state index contributed by atoms with van der Waals surface area (Å²) in [5.41, 5.74) is 0. The third-order valence-electron chi connectivity index (χ3n) is 1.76. The highest BCUT2D eigenvalue weighted by atomic mass is 35.5. The van der Waals surface area contributed by atoms with Gasteiger partial charge in [-0.1, -0.05) is 4.90 Å². The molecule has 0 aliphatic rings. The maximum atomic E-state index is 12.8. The summed E-state index contributed by atoms with van der Waals surface area (Å²) in [5, 5.41) is 0. The van der Waals surface area contributed by atoms with Crippen LogP contribution in [-0.4, -0.2) is 41.3 Å². The quantitative estimate of drug-likeness (QED) is 0.411. The summed E-state index contributed by atoms with van der Waals surface area (Å²) >= 11 is 4.19. The largest absolute Gasteiger partial charge is 0.469 e. The van der Waals surface area contributed by atoms with E-state index >= 15 is 0 Å². The second-order valence-electron chi connectivity index (χ2n) is 3.22. The molecule has 0 saturated carbocycles. The fraction of sp³-hybridized carbons (Fsp3) is 1.00. The monoisotopic (exact) mass is 351 g/mol. The van der Waals surface area contributed by atoms with Gasteiger partial charge in [-0.25, -0.2) is 0 Å². The minimum absolute atomic E-state index is 2.62. The van der Waals surface area contributed by atoms with E-state index in [2.05, 4.69) is 11.6 Å². The van der Waals surface area contributed by atoms with Gasteiger partial charge in [0.05, 0.1) is 5.88 Å². The summed E-state index contributed by atoms with van der Waals surface area (Å²) in [7, 11) is 0. The van der Waals surface area contributed by atoms with Crippen molar-refractivity contribution in [3.8, 4) is 0 Å². The van der Waals surface area contributed by atoms with Crippen molar-refractivity contribution in [3.05, 3.63) is 0 Å². The van der Waals surface area contributed by atoms with Gasteiger partial charge in [0.2, 0.25) is 0 Å². The first kappa shape index (κ1) is 19.4. The van der Waals surface area contributed by atoms with Crippen LogP contribution in [0.3, 0.4) is 0 Å². The Morgan fingerprint density at radius 3 is 1.20 bits per heavy atom. The standard InChI is InChI=1S/C6H2ClF12N/c7-1-2(8,9)4(13,14)20(6(17,18)19)5(15,16)3(10,11)12/h1H2. The zero-order valence-corrected chi connectivity index (χ0v) is 9.32. The Bertz CT molecular complexity index is 343. The van der Waals surface area contributed by atoms with Crippen LogP contribution in [0, 0.1) is 0 Å². The van der Waals surface area contributed by atoms with E-state index in [0.29, 0.717) is 0 Å². The fourth-order valence-electron chi connectivity index (χ4n) is 0.866. The van der Waals surface area contributed by atoms with Gasteiger partial charge < -0.3 is 0 Å². The minimum Gasteiger partial charge on any atom is -0.197 e. The third kappa shape index (κ3) is 3.18. The molecule has 0 unspecified atom stereocenters. The molecule has 0 rings (SSSR count). The lowest BCUT2D eigenvalue weighted by Crippen LogP contribution is -2.69. The van der Waals surface area contributed by atoms with Crippen molar-refractivity contribution >= 4 is 11.6 Å². The Kier molecular flexibility index (Phi) is 4.85. The maximum Gasteiger partial charge on any atom is 0.469 e. The topological polar surface area (TPSA) is 3.24 Å². The molecule has 0 atom stereocenters. The van der Waals surface area contributed by atoms with Crippen LogP contribution in [-0.2, 0) is 0 Å². The molecule has 0 N–H and O–H groups in total. The van der Waals surface area contributed by atoms with Gasteiger partial charge >= 0.3 is 30.5 Å². The van der Waals surface area contributed by atoms with Crippen LogP contribution in [0.5, 0.6) is 0 Å². The molecule has 0 bridgehead atoms. The van der Waals surface area contributed by atoms with Gasteiger partial charge in [-0.2, -0.15) is 52.7 Å². The molecule has 14 heteroatoms. The van der Waals surface area contributed by atoms with Gasteiger partial charge in [0.15, 0.2) is 0 Å². The molecular weight excluding hydrogens is 350 g/mol. The number of hydrogen-bond acceptors (Lipinski definition) is 1. The summed E-state index contributed by atoms with van der Waals surface area (Å²) in [6, 6.07) is -14.2. The number of halogens is 13. The van der Waals surface area contributed by atoms with Crippen LogP contribution in [0.2, 0.25) is 0 Å². The van der Waals surface area contributed by atoms with Crippen LogP contribution in [0.25, 0.3) is 0 Å². The average Bonchev–Trinajstić information content (AvgIpc) is 2.11. The van der Waals surface area contributed by atoms with Crippen molar-refractivity contribution < 1.29 is 52.7 Å². The highest BCUT2D eigenvalue weighted by Gasteiger charge is 2.80. The van der Waals surface area contributed by atoms with Gasteiger partial charge in [-0.3, -0.25) is 0 Å². The van der Waals surface area contributed by atoms with Crippen LogP contribution in [0.1, 0.15) is 0 Å². The lowest BCUT2D eigenvalue weighted by atomic mass is 10.2. The summed E-state index contributed by atoms with van der Waals surface area (Å²) < 4.78 is 147. The zero-order valence-electron chi connectivity index (χ0n) is 8.57. The van der Waals surface area contributed by atoms with Crippen molar-refractivity contribution in [1.82, 2.24) is 4.90 Å². The van der Waals surface area contributed by atoms with E-state index in [4.69, 9.17) is 0 Å². The molecule has 0 spiro atoms. The number of hydrogen-bond donors (Lipinski definition) is 0. The lowest BCUT2D eigenvalue weighted by molar-refractivity contribution is -0.482. The second-order valence-corrected chi connectivity index (χ2v) is 3.49. The molecule has 0 aromatic carbocycles. The number of nitrogens with zero attached hydrogens (tertiary/aromatic N) is 1. The molecule has 0 amide bonds. The first-order chi connectivity index (χ1) is 8.43. The molecule has 0 aromatic heterocycles. The van der Waals surface area contributed by atoms with Crippen LogP contribution in [0.15, 0.2) is 0 Å². The van der Waals surface area contributed by atoms with Gasteiger partial charge in [-0.15, -0.1) is 11.6 Å². The summed E-state index contributed by atoms with van der Waals surface area (Å²) in [4.78, 5) is -3.87. The zero-order chi connectivity index (χ0) is 16.8. The molecule has 0 aliphatic carbocycles. The Balaban J connectivity index is 6.12. The number of rotatable bonds is 4. The molecule has 0 saturated heterocycles. The van der Waals surface area contributed by atoms with Crippen LogP contribution in [0.4, 0.5) is 52.7 Å². The van der Waals surface area contributed by atoms with E-state index in [1.54, 1.807) is 0 Å². The van der Waals surface area contributed by atoms with E-state index in [0.717, 1.165) is 0 Å². The van der Waals surface area contributed by atoms with Crippen molar-refractivity contribution in [2.45, 2.75) is 30.5 Å². The third-order valence-corrected chi connectivity index (χ3v) is 2.10. The average molecular weight is 352 g/mol. The van der Waals surface area contributed by atoms with E-state index in [-0.39, 0.29) is 0 Å². The molecule has 122 valence electrons. The fourth-order valence-corrected chi connectivity index (χ4v) is 1.03. The van der Waals surface area contributed by atoms with Crippen molar-refractivity contribution in [2.75, 3.05) is 5.88 Å². The number of alkyl halides is 13. The van der Waals surface area contributed by atoms with Crippen LogP contribution >= 0.6 is 11.6 Å². The van der Waals surface area contributed by atoms with Crippen molar-refractivity contribution in [2.24, 2.45) is 0 Å². The molecular formula is C6H2ClF12N. The Hall–Kier alpha value is -0.590. The van der Waals surface area contributed by atoms with Gasteiger partial charge in [0.1, 0.15) is 0 Å². The molecule has 0 radical (unpaired) electrons. The van der Waals surface area contributed by atoms with Crippen molar-refractivity contribution in [1.29, 1.82) is 0 Å². The Morgan fingerprint density at radius 2 is 1.00 bits per heavy atom. The normalized spacial score (nSPS) is 15.9. The first-order valence-corrected chi connectivity index (χ1v) is 4.59. The molecule has 0 fully saturated rings. The summed E-state index contributed by atoms with van der Waals surface area (Å²) in [5.74, 6) is -8.63. The molecule has 20 heavy (non-hydrogen) atoms. The van der Waals surface area contributed by atoms with Crippen LogP contribution < -0.4 is 0 Å². The lowest BCUT2D eigenvalue weighted by Gasteiger charge is -2.40. The molecule has 0 aromatic rings. The van der Waals surface area contributed by atoms with Gasteiger partial charge in [0, 0.05) is 0 Å². The SMILES string of the molecule is FC(F)(F)N(C(F)(F)C(F)(F)F)C(F)(F)C(F)(F)CCl. The van der Waals surface area contributed by atoms with E-state index in [9.17, 15) is 52.7 Å². The second kappa shape index (κ2) is 5.00. The van der Waals surface area contributed by atoms with E-state index < -0.39 is 41.3 Å². The first-order valence-electron chi connectivity index (χ1n) is 4.06.